The lowest BCUT2D eigenvalue weighted by molar-refractivity contribution is -0.145. The predicted octanol–water partition coefficient (Wildman–Crippen LogP) is 7.18. The van der Waals surface area contributed by atoms with Crippen molar-refractivity contribution in [3.63, 3.8) is 0 Å². The van der Waals surface area contributed by atoms with E-state index >= 15 is 0 Å². The highest BCUT2D eigenvalue weighted by Gasteiger charge is 2.32. The number of carbonyl (C=O) groups excluding carboxylic acids is 2. The number of carbonyl (C=O) groups is 2. The summed E-state index contributed by atoms with van der Waals surface area (Å²) in [5.41, 5.74) is 0. The smallest absolute Gasteiger partial charge is 0.302 e. The highest BCUT2D eigenvalue weighted by Crippen LogP contribution is 2.66. The first-order valence-electron chi connectivity index (χ1n) is 9.11. The lowest BCUT2D eigenvalue weighted by Crippen LogP contribution is -2.15. The Hall–Kier alpha value is 0.960. The van der Waals surface area contributed by atoms with Crippen molar-refractivity contribution in [2.45, 2.75) is 39.9 Å². The fourth-order valence-corrected chi connectivity index (χ4v) is 14.3. The van der Waals surface area contributed by atoms with Crippen LogP contribution >= 0.6 is 94.1 Å². The third-order valence-corrected chi connectivity index (χ3v) is 15.7. The molecule has 0 aromatic heterocycles. The maximum absolute atomic E-state index is 11.2. The molecule has 0 saturated carbocycles. The molecule has 0 fully saturated rings. The summed E-state index contributed by atoms with van der Waals surface area (Å²) in [4.78, 5) is 22.4. The molecular weight excluding hydrogens is 537 g/mol. The van der Waals surface area contributed by atoms with Crippen LogP contribution in [0.3, 0.4) is 0 Å². The van der Waals surface area contributed by atoms with Gasteiger partial charge in [0.25, 0.3) is 0 Å². The van der Waals surface area contributed by atoms with E-state index in [0.717, 1.165) is 11.5 Å². The Morgan fingerprint density at radius 1 is 0.767 bits per heavy atom. The Labute approximate surface area is 211 Å². The van der Waals surface area contributed by atoms with Gasteiger partial charge in [0, 0.05) is 36.9 Å². The van der Waals surface area contributed by atoms with Gasteiger partial charge in [-0.25, -0.2) is 0 Å². The first-order chi connectivity index (χ1) is 14.3. The maximum Gasteiger partial charge on any atom is 0.302 e. The molecule has 0 bridgehead atoms. The molecule has 0 amide bonds. The predicted molar refractivity (Wildman–Crippen MR) is 144 cm³/mol. The zero-order chi connectivity index (χ0) is 21.7. The van der Waals surface area contributed by atoms with Gasteiger partial charge in [-0.3, -0.25) is 9.59 Å². The fraction of sp³-hybridized carbons (Fsp3) is 0.556. The molecule has 166 valence electrons. The van der Waals surface area contributed by atoms with E-state index in [1.54, 1.807) is 23.5 Å². The van der Waals surface area contributed by atoms with E-state index in [-0.39, 0.29) is 24.1 Å². The Kier molecular flexibility index (Phi) is 10.6. The zero-order valence-corrected chi connectivity index (χ0v) is 23.4. The summed E-state index contributed by atoms with van der Waals surface area (Å²) >= 11 is 14.8. The normalized spacial score (nSPS) is 21.1. The van der Waals surface area contributed by atoms with Crippen molar-refractivity contribution in [2.24, 2.45) is 0 Å². The first kappa shape index (κ1) is 25.6. The number of rotatable bonds is 8. The van der Waals surface area contributed by atoms with Crippen molar-refractivity contribution in [1.29, 1.82) is 0 Å². The third-order valence-electron chi connectivity index (χ3n) is 3.42. The van der Waals surface area contributed by atoms with Crippen LogP contribution in [0, 0.1) is 0 Å². The monoisotopic (exact) mass is 558 g/mol. The topological polar surface area (TPSA) is 52.6 Å². The number of esters is 2. The van der Waals surface area contributed by atoms with Crippen molar-refractivity contribution >= 4 is 106 Å². The van der Waals surface area contributed by atoms with Crippen molar-refractivity contribution in [1.82, 2.24) is 0 Å². The molecule has 0 unspecified atom stereocenters. The van der Waals surface area contributed by atoms with Gasteiger partial charge in [-0.1, -0.05) is 47.0 Å². The van der Waals surface area contributed by atoms with E-state index in [0.29, 0.717) is 0 Å². The van der Waals surface area contributed by atoms with Crippen molar-refractivity contribution in [2.75, 3.05) is 23.0 Å². The average Bonchev–Trinajstić information content (AvgIpc) is 3.27. The molecule has 0 radical (unpaired) electrons. The molecule has 3 heterocycles. The van der Waals surface area contributed by atoms with Crippen molar-refractivity contribution < 1.29 is 19.1 Å². The van der Waals surface area contributed by atoms with Crippen LogP contribution in [0.5, 0.6) is 0 Å². The highest BCUT2D eigenvalue weighted by atomic mass is 32.3. The van der Waals surface area contributed by atoms with Crippen LogP contribution in [0.15, 0.2) is 25.4 Å². The summed E-state index contributed by atoms with van der Waals surface area (Å²) in [5, 5.41) is 0. The molecule has 30 heavy (non-hydrogen) atoms. The summed E-state index contributed by atoms with van der Waals surface area (Å²) < 4.78 is 18.6. The number of thioether (sulfide) groups is 8. The lowest BCUT2D eigenvalue weighted by Gasteiger charge is -2.13. The van der Waals surface area contributed by atoms with Gasteiger partial charge in [-0.2, -0.15) is 0 Å². The van der Waals surface area contributed by atoms with Crippen molar-refractivity contribution in [3.8, 4) is 0 Å². The largest absolute Gasteiger partial charge is 0.462 e. The molecular formula is C18H22O4S8. The van der Waals surface area contributed by atoms with Crippen molar-refractivity contribution in [3.05, 3.63) is 25.4 Å². The summed E-state index contributed by atoms with van der Waals surface area (Å²) in [5.74, 6) is 3.31. The van der Waals surface area contributed by atoms with Crippen LogP contribution in [-0.4, -0.2) is 47.2 Å². The molecule has 0 aromatic carbocycles. The Balaban J connectivity index is 1.66. The van der Waals surface area contributed by atoms with Gasteiger partial charge in [-0.15, -0.1) is 47.0 Å². The van der Waals surface area contributed by atoms with Crippen LogP contribution in [0.25, 0.3) is 0 Å². The Morgan fingerprint density at radius 3 is 1.57 bits per heavy atom. The molecule has 3 aliphatic heterocycles. The van der Waals surface area contributed by atoms with Gasteiger partial charge in [0.2, 0.25) is 0 Å². The van der Waals surface area contributed by atoms with Gasteiger partial charge in [-0.05, 0) is 13.8 Å². The second-order valence-corrected chi connectivity index (χ2v) is 16.2. The third kappa shape index (κ3) is 7.78. The Bertz CT molecular complexity index is 731. The molecule has 3 aliphatic rings. The molecule has 0 saturated heterocycles. The van der Waals surface area contributed by atoms with Gasteiger partial charge >= 0.3 is 11.9 Å². The van der Waals surface area contributed by atoms with Crippen LogP contribution in [0.1, 0.15) is 27.7 Å². The standard InChI is InChI=1S/C18H22O4S8/c1-9(21-11(3)19)7-25-15-16(26-8-10(2)22-12(4)20)30-18(29-15)17-27-13-14(28-17)24-6-5-23-13/h9-10H,5-8H2,1-4H3/t9-,10-/m0/s1. The van der Waals surface area contributed by atoms with Gasteiger partial charge in [0.1, 0.15) is 12.2 Å². The van der Waals surface area contributed by atoms with E-state index in [1.165, 1.54) is 50.8 Å². The second-order valence-electron chi connectivity index (χ2n) is 6.29. The maximum atomic E-state index is 11.2. The van der Waals surface area contributed by atoms with Gasteiger partial charge in [0.15, 0.2) is 0 Å². The van der Waals surface area contributed by atoms with Crippen LogP contribution in [0.2, 0.25) is 0 Å². The van der Waals surface area contributed by atoms with Gasteiger partial charge in [0.05, 0.1) is 25.4 Å². The molecule has 0 spiro atoms. The van der Waals surface area contributed by atoms with Crippen LogP contribution in [0.4, 0.5) is 0 Å². The van der Waals surface area contributed by atoms with Crippen LogP contribution < -0.4 is 0 Å². The molecule has 0 aromatic rings. The highest BCUT2D eigenvalue weighted by molar-refractivity contribution is 8.45. The van der Waals surface area contributed by atoms with E-state index in [2.05, 4.69) is 0 Å². The lowest BCUT2D eigenvalue weighted by atomic mass is 10.5. The first-order valence-corrected chi connectivity index (χ1v) is 16.3. The zero-order valence-electron chi connectivity index (χ0n) is 16.9. The SMILES string of the molecule is CC(=O)O[C@@H](C)CSC1=C(SC[C@H](C)OC(C)=O)SC(=C2SC3=C(SCCS3)S2)S1. The molecule has 4 nitrogen and oxygen atoms in total. The Morgan fingerprint density at radius 2 is 1.17 bits per heavy atom. The molecule has 2 atom stereocenters. The number of ether oxygens (including phenoxy) is 2. The molecule has 0 N–H and O–H groups in total. The average molecular weight is 559 g/mol. The quantitative estimate of drug-likeness (QED) is 0.284. The minimum Gasteiger partial charge on any atom is -0.462 e. The van der Waals surface area contributed by atoms with E-state index < -0.39 is 0 Å². The number of hydrogen-bond donors (Lipinski definition) is 0. The summed E-state index contributed by atoms with van der Waals surface area (Å²) in [6, 6.07) is 0. The minimum absolute atomic E-state index is 0.134. The molecule has 3 rings (SSSR count). The fourth-order valence-electron chi connectivity index (χ4n) is 2.35. The molecule has 0 aliphatic carbocycles. The summed E-state index contributed by atoms with van der Waals surface area (Å²) in [6.45, 7) is 6.73. The van der Waals surface area contributed by atoms with Crippen LogP contribution in [-0.2, 0) is 19.1 Å². The summed E-state index contributed by atoms with van der Waals surface area (Å²) in [6.07, 6.45) is -0.268. The number of hydrogen-bond acceptors (Lipinski definition) is 12. The van der Waals surface area contributed by atoms with Gasteiger partial charge < -0.3 is 9.47 Å². The summed E-state index contributed by atoms with van der Waals surface area (Å²) in [7, 11) is 0. The van der Waals surface area contributed by atoms with E-state index in [1.807, 2.05) is 84.4 Å². The van der Waals surface area contributed by atoms with E-state index in [9.17, 15) is 9.59 Å². The van der Waals surface area contributed by atoms with E-state index in [4.69, 9.17) is 9.47 Å². The second kappa shape index (κ2) is 12.4. The minimum atomic E-state index is -0.247. The molecule has 12 heteroatoms.